The highest BCUT2D eigenvalue weighted by atomic mass is 28.5. The van der Waals surface area contributed by atoms with E-state index in [2.05, 4.69) is 10.6 Å². The Morgan fingerprint density at radius 3 is 1.28 bits per heavy atom. The molecule has 152 valence electrons. The molecule has 0 spiro atoms. The van der Waals surface area contributed by atoms with Gasteiger partial charge in [0.15, 0.2) is 0 Å². The Kier molecular flexibility index (Phi) is 15.2. The van der Waals surface area contributed by atoms with Crippen molar-refractivity contribution in [2.45, 2.75) is 24.9 Å². The minimum atomic E-state index is -2.86. The van der Waals surface area contributed by atoms with E-state index < -0.39 is 17.6 Å². The third-order valence-corrected chi connectivity index (χ3v) is 10.8. The van der Waals surface area contributed by atoms with E-state index in [0.29, 0.717) is 25.2 Å². The highest BCUT2D eigenvalue weighted by molar-refractivity contribution is 6.74. The fourth-order valence-corrected chi connectivity index (χ4v) is 8.81. The predicted molar refractivity (Wildman–Crippen MR) is 103 cm³/mol. The van der Waals surface area contributed by atoms with Crippen molar-refractivity contribution < 1.29 is 21.8 Å². The summed E-state index contributed by atoms with van der Waals surface area (Å²) < 4.78 is 29.0. The average Bonchev–Trinajstić information content (AvgIpc) is 2.65. The molecule has 9 nitrogen and oxygen atoms in total. The monoisotopic (exact) mass is 398 g/mol. The summed E-state index contributed by atoms with van der Waals surface area (Å²) in [7, 11) is 0.773. The Bertz CT molecular complexity index is 283. The maximum Gasteiger partial charge on any atom is 0.493 e. The first-order valence-electron chi connectivity index (χ1n) is 8.80. The molecule has 0 aromatic heterocycles. The SMILES string of the molecule is CO[Si](CCCNCCN)(OC)O[Si](CCCNCCN)(OC)OC. The van der Waals surface area contributed by atoms with Gasteiger partial charge in [-0.25, -0.2) is 0 Å². The van der Waals surface area contributed by atoms with E-state index >= 15 is 0 Å². The summed E-state index contributed by atoms with van der Waals surface area (Å²) in [6.07, 6.45) is 1.73. The van der Waals surface area contributed by atoms with Crippen LogP contribution in [0.5, 0.6) is 0 Å². The normalized spacial score (nSPS) is 12.7. The number of nitrogens with two attached hydrogens (primary N) is 2. The van der Waals surface area contributed by atoms with Crippen molar-refractivity contribution in [2.24, 2.45) is 11.5 Å². The maximum absolute atomic E-state index is 6.32. The number of rotatable bonds is 18. The first-order chi connectivity index (χ1) is 12.1. The van der Waals surface area contributed by atoms with Gasteiger partial charge in [0.25, 0.3) is 0 Å². The van der Waals surface area contributed by atoms with Gasteiger partial charge in [-0.05, 0) is 25.9 Å². The number of hydrogen-bond donors (Lipinski definition) is 4. The lowest BCUT2D eigenvalue weighted by atomic mass is 10.5. The zero-order valence-electron chi connectivity index (χ0n) is 16.3. The van der Waals surface area contributed by atoms with Crippen LogP contribution in [0, 0.1) is 0 Å². The Morgan fingerprint density at radius 1 is 0.640 bits per heavy atom. The standard InChI is InChI=1S/C14H38N4O5Si2/c1-19-24(20-2,13-5-9-17-11-7-15)23-25(21-3,22-4)14-6-10-18-12-8-16/h17-18H,5-16H2,1-4H3. The minimum Gasteiger partial charge on any atom is -0.377 e. The molecule has 25 heavy (non-hydrogen) atoms. The van der Waals surface area contributed by atoms with Crippen LogP contribution in [0.25, 0.3) is 0 Å². The van der Waals surface area contributed by atoms with Crippen LogP contribution in [0.4, 0.5) is 0 Å². The Labute approximate surface area is 154 Å². The van der Waals surface area contributed by atoms with Crippen LogP contribution >= 0.6 is 0 Å². The average molecular weight is 399 g/mol. The molecule has 0 bridgehead atoms. The fourth-order valence-electron chi connectivity index (χ4n) is 2.39. The highest BCUT2D eigenvalue weighted by Gasteiger charge is 2.51. The van der Waals surface area contributed by atoms with Crippen LogP contribution in [0.2, 0.25) is 12.1 Å². The van der Waals surface area contributed by atoms with Gasteiger partial charge in [-0.1, -0.05) is 0 Å². The molecule has 0 aliphatic heterocycles. The molecule has 11 heteroatoms. The van der Waals surface area contributed by atoms with Gasteiger partial charge in [0, 0.05) is 66.7 Å². The van der Waals surface area contributed by atoms with Crippen molar-refractivity contribution in [1.29, 1.82) is 0 Å². The molecule has 0 aromatic rings. The van der Waals surface area contributed by atoms with Crippen molar-refractivity contribution >= 4 is 17.6 Å². The van der Waals surface area contributed by atoms with E-state index in [1.807, 2.05) is 0 Å². The third kappa shape index (κ3) is 10.1. The molecule has 0 aliphatic carbocycles. The van der Waals surface area contributed by atoms with Crippen LogP contribution < -0.4 is 22.1 Å². The van der Waals surface area contributed by atoms with Crippen LogP contribution in [-0.2, 0) is 21.8 Å². The molecule has 0 aliphatic rings. The summed E-state index contributed by atoms with van der Waals surface area (Å²) in [5.41, 5.74) is 11.0. The molecule has 0 aromatic carbocycles. The van der Waals surface area contributed by atoms with Crippen LogP contribution in [0.1, 0.15) is 12.8 Å². The van der Waals surface area contributed by atoms with Gasteiger partial charge in [-0.15, -0.1) is 0 Å². The van der Waals surface area contributed by atoms with Crippen molar-refractivity contribution in [2.75, 3.05) is 67.7 Å². The first kappa shape index (κ1) is 25.1. The van der Waals surface area contributed by atoms with Gasteiger partial charge in [-0.3, -0.25) is 0 Å². The van der Waals surface area contributed by atoms with Gasteiger partial charge in [0.2, 0.25) is 0 Å². The summed E-state index contributed by atoms with van der Waals surface area (Å²) >= 11 is 0. The molecule has 0 saturated heterocycles. The third-order valence-electron chi connectivity index (χ3n) is 3.87. The van der Waals surface area contributed by atoms with E-state index in [0.717, 1.165) is 39.0 Å². The lowest BCUT2D eigenvalue weighted by molar-refractivity contribution is 0.0859. The molecule has 0 heterocycles. The van der Waals surface area contributed by atoms with Crippen molar-refractivity contribution in [3.8, 4) is 0 Å². The Morgan fingerprint density at radius 2 is 1.00 bits per heavy atom. The van der Waals surface area contributed by atoms with E-state index in [1.165, 1.54) is 0 Å². The zero-order chi connectivity index (χ0) is 19.0. The summed E-state index contributed by atoms with van der Waals surface area (Å²) in [6, 6.07) is 1.37. The second kappa shape index (κ2) is 15.2. The van der Waals surface area contributed by atoms with Crippen LogP contribution in [0.3, 0.4) is 0 Å². The van der Waals surface area contributed by atoms with E-state index in [-0.39, 0.29) is 0 Å². The van der Waals surface area contributed by atoms with Gasteiger partial charge in [0.05, 0.1) is 0 Å². The Hall–Kier alpha value is 0.0738. The molecule has 6 N–H and O–H groups in total. The minimum absolute atomic E-state index is 0.620. The largest absolute Gasteiger partial charge is 0.493 e. The van der Waals surface area contributed by atoms with Gasteiger partial charge in [0.1, 0.15) is 0 Å². The molecule has 0 atom stereocenters. The zero-order valence-corrected chi connectivity index (χ0v) is 18.3. The fraction of sp³-hybridized carbons (Fsp3) is 1.00. The summed E-state index contributed by atoms with van der Waals surface area (Å²) in [4.78, 5) is 0. The second-order valence-corrected chi connectivity index (χ2v) is 11.8. The topological polar surface area (TPSA) is 122 Å². The maximum atomic E-state index is 6.32. The first-order valence-corrected chi connectivity index (χ1v) is 12.7. The molecule has 0 radical (unpaired) electrons. The lowest BCUT2D eigenvalue weighted by Crippen LogP contribution is -2.57. The Balaban J connectivity index is 4.68. The predicted octanol–water partition coefficient (Wildman–Crippen LogP) is -0.657. The summed E-state index contributed by atoms with van der Waals surface area (Å²) in [5, 5.41) is 6.52. The van der Waals surface area contributed by atoms with E-state index in [9.17, 15) is 0 Å². The number of hydrogen-bond acceptors (Lipinski definition) is 9. The highest BCUT2D eigenvalue weighted by Crippen LogP contribution is 2.26. The molecule has 0 amide bonds. The summed E-state index contributed by atoms with van der Waals surface area (Å²) in [6.45, 7) is 4.49. The number of nitrogens with one attached hydrogen (secondary N) is 2. The summed E-state index contributed by atoms with van der Waals surface area (Å²) in [5.74, 6) is 0. The molecule has 0 rings (SSSR count). The van der Waals surface area contributed by atoms with Crippen LogP contribution in [0.15, 0.2) is 0 Å². The van der Waals surface area contributed by atoms with Gasteiger partial charge >= 0.3 is 17.6 Å². The lowest BCUT2D eigenvalue weighted by Gasteiger charge is -2.35. The van der Waals surface area contributed by atoms with E-state index in [4.69, 9.17) is 33.3 Å². The molecule has 0 saturated carbocycles. The molecular formula is C14H38N4O5Si2. The van der Waals surface area contributed by atoms with Crippen molar-refractivity contribution in [1.82, 2.24) is 10.6 Å². The van der Waals surface area contributed by atoms with E-state index in [1.54, 1.807) is 28.4 Å². The molecule has 0 fully saturated rings. The molecular weight excluding hydrogens is 360 g/mol. The van der Waals surface area contributed by atoms with Crippen molar-refractivity contribution in [3.63, 3.8) is 0 Å². The van der Waals surface area contributed by atoms with Crippen LogP contribution in [-0.4, -0.2) is 85.3 Å². The quantitative estimate of drug-likeness (QED) is 0.176. The van der Waals surface area contributed by atoms with Crippen molar-refractivity contribution in [3.05, 3.63) is 0 Å². The molecule has 0 unspecified atom stereocenters. The van der Waals surface area contributed by atoms with Gasteiger partial charge < -0.3 is 43.9 Å². The smallest absolute Gasteiger partial charge is 0.377 e. The van der Waals surface area contributed by atoms with Gasteiger partial charge in [-0.2, -0.15) is 0 Å². The second-order valence-electron chi connectivity index (χ2n) is 5.57.